The van der Waals surface area contributed by atoms with Gasteiger partial charge in [0.2, 0.25) is 0 Å². The molecule has 4 rings (SSSR count). The first-order valence-electron chi connectivity index (χ1n) is 10.8. The zero-order valence-corrected chi connectivity index (χ0v) is 19.8. The lowest BCUT2D eigenvalue weighted by molar-refractivity contribution is -0.621. The lowest BCUT2D eigenvalue weighted by Gasteiger charge is -2.39. The average Bonchev–Trinajstić information content (AvgIpc) is 3.27. The number of benzene rings is 2. The summed E-state index contributed by atoms with van der Waals surface area (Å²) in [5.41, 5.74) is 3.92. The Balaban J connectivity index is 0.00000272. The number of rotatable bonds is 6. The molecule has 2 aliphatic heterocycles. The van der Waals surface area contributed by atoms with Gasteiger partial charge in [-0.3, -0.25) is 10.1 Å². The molecule has 0 spiro atoms. The van der Waals surface area contributed by atoms with E-state index in [1.807, 2.05) is 12.1 Å². The summed E-state index contributed by atoms with van der Waals surface area (Å²) in [6, 6.07) is 17.7. The Morgan fingerprint density at radius 3 is 2.29 bits per heavy atom. The van der Waals surface area contributed by atoms with E-state index in [1.165, 1.54) is 24.1 Å². The van der Waals surface area contributed by atoms with Gasteiger partial charge in [-0.2, -0.15) is 0 Å². The Bertz CT molecular complexity index is 962. The Hall–Kier alpha value is -2.47. The highest BCUT2D eigenvalue weighted by Crippen LogP contribution is 2.37. The van der Waals surface area contributed by atoms with Crippen molar-refractivity contribution in [2.24, 2.45) is 5.92 Å². The summed E-state index contributed by atoms with van der Waals surface area (Å²) >= 11 is 0. The molecule has 2 aromatic rings. The van der Waals surface area contributed by atoms with E-state index in [2.05, 4.69) is 65.9 Å². The molecule has 31 heavy (non-hydrogen) atoms. The van der Waals surface area contributed by atoms with Gasteiger partial charge in [0.05, 0.1) is 10.8 Å². The van der Waals surface area contributed by atoms with Gasteiger partial charge in [-0.15, -0.1) is 0 Å². The number of non-ortho nitro benzene ring substituents is 1. The molecule has 5 nitrogen and oxygen atoms in total. The van der Waals surface area contributed by atoms with E-state index in [0.717, 1.165) is 31.6 Å². The summed E-state index contributed by atoms with van der Waals surface area (Å²) in [5, 5.41) is 11.0. The van der Waals surface area contributed by atoms with Crippen molar-refractivity contribution in [2.75, 3.05) is 13.1 Å². The predicted molar refractivity (Wildman–Crippen MR) is 120 cm³/mol. The van der Waals surface area contributed by atoms with Crippen LogP contribution in [0.15, 0.2) is 66.4 Å². The molecule has 6 heteroatoms. The number of nitro benzene ring substituents is 1. The van der Waals surface area contributed by atoms with Crippen LogP contribution in [0.1, 0.15) is 37.8 Å². The van der Waals surface area contributed by atoms with Crippen molar-refractivity contribution < 1.29 is 26.5 Å². The van der Waals surface area contributed by atoms with Gasteiger partial charge in [0, 0.05) is 56.4 Å². The third kappa shape index (κ3) is 5.06. The van der Waals surface area contributed by atoms with Crippen LogP contribution in [0.4, 0.5) is 5.69 Å². The molecule has 1 atom stereocenters. The van der Waals surface area contributed by atoms with E-state index in [1.54, 1.807) is 12.1 Å². The largest absolute Gasteiger partial charge is 1.00 e. The summed E-state index contributed by atoms with van der Waals surface area (Å²) < 4.78 is 2.44. The van der Waals surface area contributed by atoms with Crippen LogP contribution in [0, 0.1) is 16.0 Å². The van der Waals surface area contributed by atoms with Gasteiger partial charge in [-0.1, -0.05) is 42.5 Å². The summed E-state index contributed by atoms with van der Waals surface area (Å²) in [7, 11) is 0. The molecule has 0 aromatic heterocycles. The molecular weight excluding hydrogens is 454 g/mol. The van der Waals surface area contributed by atoms with E-state index in [4.69, 9.17) is 0 Å². The van der Waals surface area contributed by atoms with Crippen molar-refractivity contribution in [3.63, 3.8) is 0 Å². The maximum Gasteiger partial charge on any atom is 0.269 e. The lowest BCUT2D eigenvalue weighted by Crippen LogP contribution is -3.00. The summed E-state index contributed by atoms with van der Waals surface area (Å²) in [4.78, 5) is 13.2. The average molecular weight is 484 g/mol. The molecule has 1 fully saturated rings. The highest BCUT2D eigenvalue weighted by molar-refractivity contribution is 5.69. The summed E-state index contributed by atoms with van der Waals surface area (Å²) in [6.45, 7) is 7.75. The van der Waals surface area contributed by atoms with Crippen LogP contribution in [-0.2, 0) is 13.0 Å². The molecule has 0 N–H and O–H groups in total. The second-order valence-electron chi connectivity index (χ2n) is 8.88. The van der Waals surface area contributed by atoms with Gasteiger partial charge < -0.3 is 21.9 Å². The third-order valence-corrected chi connectivity index (χ3v) is 6.63. The van der Waals surface area contributed by atoms with Gasteiger partial charge in [-0.05, 0) is 24.8 Å². The molecule has 0 aliphatic carbocycles. The van der Waals surface area contributed by atoms with Crippen molar-refractivity contribution in [2.45, 2.75) is 45.2 Å². The van der Waals surface area contributed by atoms with Gasteiger partial charge in [0.15, 0.2) is 18.3 Å². The number of hydrogen-bond donors (Lipinski definition) is 0. The van der Waals surface area contributed by atoms with Crippen LogP contribution in [0.5, 0.6) is 0 Å². The molecule has 1 unspecified atom stereocenters. The van der Waals surface area contributed by atoms with E-state index >= 15 is 0 Å². The van der Waals surface area contributed by atoms with Crippen molar-refractivity contribution in [3.05, 3.63) is 87.6 Å². The fourth-order valence-corrected chi connectivity index (χ4v) is 4.72. The molecule has 2 aliphatic rings. The second-order valence-corrected chi connectivity index (χ2v) is 8.88. The maximum absolute atomic E-state index is 11.0. The normalized spacial score (nSPS) is 19.9. The monoisotopic (exact) mass is 483 g/mol. The van der Waals surface area contributed by atoms with Crippen molar-refractivity contribution in [1.29, 1.82) is 0 Å². The van der Waals surface area contributed by atoms with E-state index in [-0.39, 0.29) is 33.1 Å². The number of nitrogens with zero attached hydrogens (tertiary/aromatic N) is 3. The van der Waals surface area contributed by atoms with Crippen LogP contribution >= 0.6 is 0 Å². The predicted octanol–water partition coefficient (Wildman–Crippen LogP) is 1.81. The van der Waals surface area contributed by atoms with E-state index in [0.29, 0.717) is 5.92 Å². The summed E-state index contributed by atoms with van der Waals surface area (Å²) in [5.74, 6) is 0.311. The van der Waals surface area contributed by atoms with Crippen LogP contribution in [-0.4, -0.2) is 39.2 Å². The van der Waals surface area contributed by atoms with Gasteiger partial charge >= 0.3 is 0 Å². The van der Waals surface area contributed by atoms with Crippen molar-refractivity contribution >= 4 is 11.9 Å². The molecule has 0 saturated carbocycles. The molecule has 2 aromatic carbocycles. The maximum atomic E-state index is 11.0. The lowest BCUT2D eigenvalue weighted by atomic mass is 9.77. The van der Waals surface area contributed by atoms with E-state index < -0.39 is 0 Å². The highest BCUT2D eigenvalue weighted by Gasteiger charge is 2.45. The van der Waals surface area contributed by atoms with Gasteiger partial charge in [0.1, 0.15) is 0 Å². The summed E-state index contributed by atoms with van der Waals surface area (Å²) in [6.07, 6.45) is 7.92. The molecule has 164 valence electrons. The Morgan fingerprint density at radius 1 is 1.03 bits per heavy atom. The zero-order chi connectivity index (χ0) is 21.1. The van der Waals surface area contributed by atoms with Crippen LogP contribution in [0.25, 0.3) is 0 Å². The topological polar surface area (TPSA) is 49.4 Å². The molecule has 1 saturated heterocycles. The fourth-order valence-electron chi connectivity index (χ4n) is 4.72. The second kappa shape index (κ2) is 9.77. The first-order valence-corrected chi connectivity index (χ1v) is 10.8. The standard InChI is InChI=1S/C25H30N3O2.BrH/c1-25(2)23(18-20-10-12-22(13-11-20)28(29)30)24(26-15-6-7-16-26)14-17-27(25)19-21-8-4-3-5-9-21;/h3-5,8-14,17,23H,6-7,15-16,18-19H2,1-2H3;1H/q+1;/p-1. The highest BCUT2D eigenvalue weighted by atomic mass is 79.9. The molecule has 2 heterocycles. The minimum Gasteiger partial charge on any atom is -1.00 e. The number of nitro groups is 1. The van der Waals surface area contributed by atoms with Crippen LogP contribution in [0.3, 0.4) is 0 Å². The Labute approximate surface area is 195 Å². The molecular formula is C25H30BrN3O2. The number of halogens is 1. The molecule has 0 radical (unpaired) electrons. The quantitative estimate of drug-likeness (QED) is 0.357. The Kier molecular flexibility index (Phi) is 7.31. The van der Waals surface area contributed by atoms with Crippen molar-refractivity contribution in [1.82, 2.24) is 4.90 Å². The van der Waals surface area contributed by atoms with Crippen molar-refractivity contribution in [3.8, 4) is 0 Å². The zero-order valence-electron chi connectivity index (χ0n) is 18.2. The third-order valence-electron chi connectivity index (χ3n) is 6.63. The molecule has 0 amide bonds. The first-order chi connectivity index (χ1) is 14.4. The Morgan fingerprint density at radius 2 is 1.68 bits per heavy atom. The van der Waals surface area contributed by atoms with E-state index in [9.17, 15) is 10.1 Å². The number of likely N-dealkylation sites (tertiary alicyclic amines) is 1. The number of allylic oxidation sites excluding steroid dienone is 1. The minimum absolute atomic E-state index is 0. The molecule has 0 bridgehead atoms. The SMILES string of the molecule is CC1(C)C(Cc2ccc([N+](=O)[O-])cc2)C(N2CCCC2)=CC=[N+]1Cc1ccccc1.[Br-]. The van der Waals surface area contributed by atoms with Crippen LogP contribution in [0.2, 0.25) is 0 Å². The fraction of sp³-hybridized carbons (Fsp3) is 0.400. The van der Waals surface area contributed by atoms with Crippen LogP contribution < -0.4 is 17.0 Å². The number of hydrogen-bond acceptors (Lipinski definition) is 3. The minimum atomic E-state index is -0.333. The first kappa shape index (κ1) is 23.2. The van der Waals surface area contributed by atoms with Gasteiger partial charge in [0.25, 0.3) is 5.69 Å². The van der Waals surface area contributed by atoms with Gasteiger partial charge in [-0.25, -0.2) is 4.58 Å². The smallest absolute Gasteiger partial charge is 0.269 e.